The molecule has 0 unspecified atom stereocenters. The normalized spacial score (nSPS) is 12.1. The number of nitrogens with two attached hydrogens (primary N) is 1. The third-order valence-corrected chi connectivity index (χ3v) is 4.14. The first-order valence-corrected chi connectivity index (χ1v) is 8.55. The lowest BCUT2D eigenvalue weighted by Gasteiger charge is -2.10. The van der Waals surface area contributed by atoms with Crippen LogP contribution in [0.4, 0.5) is 5.69 Å². The first-order valence-electron chi connectivity index (χ1n) is 8.17. The predicted molar refractivity (Wildman–Crippen MR) is 102 cm³/mol. The van der Waals surface area contributed by atoms with E-state index in [9.17, 15) is 0 Å². The molecule has 3 aromatic rings. The molecule has 0 fully saturated rings. The fraction of sp³-hybridized carbons (Fsp3) is 0.278. The molecule has 3 rings (SSSR count). The van der Waals surface area contributed by atoms with Crippen LogP contribution >= 0.6 is 11.6 Å². The summed E-state index contributed by atoms with van der Waals surface area (Å²) in [4.78, 5) is 8.68. The highest BCUT2D eigenvalue weighted by Crippen LogP contribution is 2.18. The van der Waals surface area contributed by atoms with Crippen LogP contribution < -0.4 is 11.1 Å². The molecule has 3 N–H and O–H groups in total. The van der Waals surface area contributed by atoms with Crippen molar-refractivity contribution in [2.75, 3.05) is 11.9 Å². The largest absolute Gasteiger partial charge is 0.370 e. The van der Waals surface area contributed by atoms with Crippen LogP contribution in [0.15, 0.2) is 47.8 Å². The molecule has 0 saturated carbocycles. The molecule has 0 aliphatic rings. The molecule has 0 bridgehead atoms. The number of aliphatic imine (C=N–C) groups is 1. The number of rotatable bonds is 5. The van der Waals surface area contributed by atoms with Gasteiger partial charge in [0, 0.05) is 24.6 Å². The first kappa shape index (κ1) is 17.2. The maximum atomic E-state index is 5.99. The van der Waals surface area contributed by atoms with E-state index in [2.05, 4.69) is 46.4 Å². The number of fused-ring (bicyclic) bond motifs is 1. The van der Waals surface area contributed by atoms with Crippen molar-refractivity contribution in [2.45, 2.75) is 26.2 Å². The van der Waals surface area contributed by atoms with Gasteiger partial charge in [0.05, 0.1) is 6.20 Å². The Balaban J connectivity index is 1.60. The Bertz CT molecular complexity index is 899. The van der Waals surface area contributed by atoms with Crippen LogP contribution in [0.2, 0.25) is 5.02 Å². The number of guanidine groups is 1. The van der Waals surface area contributed by atoms with Gasteiger partial charge in [-0.25, -0.2) is 9.50 Å². The number of anilines is 1. The van der Waals surface area contributed by atoms with E-state index in [4.69, 9.17) is 17.3 Å². The molecule has 6 nitrogen and oxygen atoms in total. The summed E-state index contributed by atoms with van der Waals surface area (Å²) >= 11 is 5.99. The van der Waals surface area contributed by atoms with Gasteiger partial charge in [-0.05, 0) is 35.6 Å². The fourth-order valence-corrected chi connectivity index (χ4v) is 2.66. The highest BCUT2D eigenvalue weighted by Gasteiger charge is 2.04. The number of nitrogens with one attached hydrogen (secondary N) is 1. The van der Waals surface area contributed by atoms with Crippen molar-refractivity contribution >= 4 is 28.9 Å². The van der Waals surface area contributed by atoms with Gasteiger partial charge in [0.1, 0.15) is 5.02 Å². The molecule has 2 heterocycles. The van der Waals surface area contributed by atoms with Gasteiger partial charge >= 0.3 is 0 Å². The monoisotopic (exact) mass is 356 g/mol. The lowest BCUT2D eigenvalue weighted by molar-refractivity contribution is 0.867. The molecule has 0 atom stereocenters. The zero-order valence-electron chi connectivity index (χ0n) is 14.3. The average Bonchev–Trinajstić information content (AvgIpc) is 2.96. The van der Waals surface area contributed by atoms with Gasteiger partial charge in [-0.3, -0.25) is 4.99 Å². The van der Waals surface area contributed by atoms with Crippen molar-refractivity contribution in [1.82, 2.24) is 14.6 Å². The Hall–Kier alpha value is -2.60. The highest BCUT2D eigenvalue weighted by atomic mass is 35.5. The van der Waals surface area contributed by atoms with Crippen molar-refractivity contribution in [2.24, 2.45) is 10.7 Å². The summed E-state index contributed by atoms with van der Waals surface area (Å²) < 4.78 is 1.67. The molecular formula is C18H21ClN6. The molecule has 1 aromatic carbocycles. The van der Waals surface area contributed by atoms with E-state index in [0.717, 1.165) is 17.7 Å². The Labute approximate surface area is 151 Å². The number of halogens is 1. The van der Waals surface area contributed by atoms with Gasteiger partial charge in [0.15, 0.2) is 11.6 Å². The topological polar surface area (TPSA) is 80.6 Å². The zero-order valence-corrected chi connectivity index (χ0v) is 15.0. The Morgan fingerprint density at radius 3 is 3.00 bits per heavy atom. The molecular weight excluding hydrogens is 336 g/mol. The Morgan fingerprint density at radius 2 is 2.20 bits per heavy atom. The summed E-state index contributed by atoms with van der Waals surface area (Å²) in [5.41, 5.74) is 9.86. The van der Waals surface area contributed by atoms with Crippen LogP contribution in [0.3, 0.4) is 0 Å². The van der Waals surface area contributed by atoms with Gasteiger partial charge in [-0.15, -0.1) is 0 Å². The van der Waals surface area contributed by atoms with Crippen molar-refractivity contribution in [3.05, 3.63) is 59.0 Å². The second kappa shape index (κ2) is 7.53. The van der Waals surface area contributed by atoms with E-state index >= 15 is 0 Å². The molecule has 0 saturated heterocycles. The molecule has 0 amide bonds. The smallest absolute Gasteiger partial charge is 0.193 e. The van der Waals surface area contributed by atoms with Crippen LogP contribution in [0, 0.1) is 0 Å². The standard InChI is InChI=1S/C18H21ClN6/c1-12(2)14-4-3-5-15(8-14)24-18(20)21-7-6-13-9-22-17-16(19)10-23-25(17)11-13/h3-5,8-12H,6-7H2,1-2H3,(H3,20,21,24). The predicted octanol–water partition coefficient (Wildman–Crippen LogP) is 3.48. The van der Waals surface area contributed by atoms with Gasteiger partial charge in [-0.2, -0.15) is 5.10 Å². The minimum atomic E-state index is 0.400. The lowest BCUT2D eigenvalue weighted by atomic mass is 10.0. The van der Waals surface area contributed by atoms with Crippen LogP contribution in [0.1, 0.15) is 30.9 Å². The third kappa shape index (κ3) is 4.28. The molecule has 0 radical (unpaired) electrons. The number of nitrogens with zero attached hydrogens (tertiary/aromatic N) is 4. The minimum Gasteiger partial charge on any atom is -0.370 e. The minimum absolute atomic E-state index is 0.400. The van der Waals surface area contributed by atoms with E-state index in [1.807, 2.05) is 18.3 Å². The quantitative estimate of drug-likeness (QED) is 0.541. The number of hydrogen-bond acceptors (Lipinski definition) is 3. The van der Waals surface area contributed by atoms with E-state index in [0.29, 0.717) is 29.1 Å². The average molecular weight is 357 g/mol. The molecule has 7 heteroatoms. The summed E-state index contributed by atoms with van der Waals surface area (Å²) in [7, 11) is 0. The van der Waals surface area contributed by atoms with Crippen LogP contribution in [-0.4, -0.2) is 27.1 Å². The van der Waals surface area contributed by atoms with Gasteiger partial charge in [0.2, 0.25) is 0 Å². The van der Waals surface area contributed by atoms with Crippen LogP contribution in [0.5, 0.6) is 0 Å². The van der Waals surface area contributed by atoms with E-state index < -0.39 is 0 Å². The molecule has 25 heavy (non-hydrogen) atoms. The SMILES string of the molecule is CC(C)c1cccc(NC(N)=NCCc2cnc3c(Cl)cnn3c2)c1. The maximum Gasteiger partial charge on any atom is 0.193 e. The number of aromatic nitrogens is 3. The second-order valence-corrected chi connectivity index (χ2v) is 6.55. The summed E-state index contributed by atoms with van der Waals surface area (Å²) in [5, 5.41) is 7.83. The molecule has 2 aromatic heterocycles. The van der Waals surface area contributed by atoms with Crippen LogP contribution in [0.25, 0.3) is 5.65 Å². The summed E-state index contributed by atoms with van der Waals surface area (Å²) in [6, 6.07) is 8.19. The third-order valence-electron chi connectivity index (χ3n) is 3.88. The van der Waals surface area contributed by atoms with Crippen molar-refractivity contribution < 1.29 is 0 Å². The highest BCUT2D eigenvalue weighted by molar-refractivity contribution is 6.33. The van der Waals surface area contributed by atoms with Crippen molar-refractivity contribution in [1.29, 1.82) is 0 Å². The summed E-state index contributed by atoms with van der Waals surface area (Å²) in [6.07, 6.45) is 5.99. The first-order chi connectivity index (χ1) is 12.0. The molecule has 0 spiro atoms. The molecule has 0 aliphatic heterocycles. The van der Waals surface area contributed by atoms with Crippen molar-refractivity contribution in [3.8, 4) is 0 Å². The Morgan fingerprint density at radius 1 is 1.36 bits per heavy atom. The van der Waals surface area contributed by atoms with Gasteiger partial charge in [0.25, 0.3) is 0 Å². The second-order valence-electron chi connectivity index (χ2n) is 6.15. The van der Waals surface area contributed by atoms with Crippen molar-refractivity contribution in [3.63, 3.8) is 0 Å². The van der Waals surface area contributed by atoms with Gasteiger partial charge < -0.3 is 11.1 Å². The lowest BCUT2D eigenvalue weighted by Crippen LogP contribution is -2.23. The van der Waals surface area contributed by atoms with Crippen LogP contribution in [-0.2, 0) is 6.42 Å². The van der Waals surface area contributed by atoms with E-state index in [-0.39, 0.29) is 0 Å². The Kier molecular flexibility index (Phi) is 5.19. The number of benzene rings is 1. The van der Waals surface area contributed by atoms with E-state index in [1.165, 1.54) is 5.56 Å². The fourth-order valence-electron chi connectivity index (χ4n) is 2.48. The summed E-state index contributed by atoms with van der Waals surface area (Å²) in [5.74, 6) is 0.871. The van der Waals surface area contributed by atoms with Gasteiger partial charge in [-0.1, -0.05) is 37.6 Å². The number of hydrogen-bond donors (Lipinski definition) is 2. The zero-order chi connectivity index (χ0) is 17.8. The van der Waals surface area contributed by atoms with E-state index in [1.54, 1.807) is 16.9 Å². The molecule has 0 aliphatic carbocycles. The molecule has 130 valence electrons. The maximum absolute atomic E-state index is 5.99. The summed E-state index contributed by atoms with van der Waals surface area (Å²) in [6.45, 7) is 4.88.